The van der Waals surface area contributed by atoms with Gasteiger partial charge in [0, 0.05) is 19.7 Å². The lowest BCUT2D eigenvalue weighted by atomic mass is 9.84. The summed E-state index contributed by atoms with van der Waals surface area (Å²) in [5, 5.41) is 0. The van der Waals surface area contributed by atoms with Gasteiger partial charge in [0.15, 0.2) is 11.2 Å². The molecule has 8 heteroatoms. The Balaban J connectivity index is 1.58. The maximum atomic E-state index is 14.5. The molecule has 2 heterocycles. The van der Waals surface area contributed by atoms with Crippen molar-refractivity contribution in [2.45, 2.75) is 44.6 Å². The molecular formula is C26H27FN4O3. The molecule has 7 nitrogen and oxygen atoms in total. The van der Waals surface area contributed by atoms with E-state index in [1.54, 1.807) is 25.2 Å². The van der Waals surface area contributed by atoms with Gasteiger partial charge in [0.25, 0.3) is 5.56 Å². The molecule has 5 rings (SSSR count). The van der Waals surface area contributed by atoms with Gasteiger partial charge in [0.1, 0.15) is 11.6 Å². The van der Waals surface area contributed by atoms with Gasteiger partial charge in [-0.15, -0.1) is 0 Å². The molecule has 1 saturated carbocycles. The molecule has 0 unspecified atom stereocenters. The van der Waals surface area contributed by atoms with Crippen molar-refractivity contribution >= 4 is 11.2 Å². The molecule has 0 radical (unpaired) electrons. The molecule has 0 saturated heterocycles. The lowest BCUT2D eigenvalue weighted by Gasteiger charge is -2.22. The average molecular weight is 463 g/mol. The second-order valence-corrected chi connectivity index (χ2v) is 8.96. The standard InChI is InChI=1S/C26H27FN4O3/c1-29-23-22(24(32)30(2)26(29)33)31(16-19-10-6-7-11-21(19)27)25(28-23)34-20-14-12-18(13-15-20)17-8-4-3-5-9-17/h6-7,10-15,17H,3-5,8-9,16H2,1-2H3. The number of benzene rings is 2. The summed E-state index contributed by atoms with van der Waals surface area (Å²) < 4.78 is 24.4. The van der Waals surface area contributed by atoms with Gasteiger partial charge in [0.05, 0.1) is 6.54 Å². The maximum Gasteiger partial charge on any atom is 0.332 e. The second kappa shape index (κ2) is 8.93. The Morgan fingerprint density at radius 2 is 1.68 bits per heavy atom. The number of rotatable bonds is 5. The third kappa shape index (κ3) is 3.93. The average Bonchev–Trinajstić information content (AvgIpc) is 3.21. The van der Waals surface area contributed by atoms with Crippen molar-refractivity contribution < 1.29 is 9.13 Å². The highest BCUT2D eigenvalue weighted by Gasteiger charge is 2.22. The molecule has 1 aliphatic carbocycles. The number of fused-ring (bicyclic) bond motifs is 1. The van der Waals surface area contributed by atoms with Crippen LogP contribution in [0.2, 0.25) is 0 Å². The van der Waals surface area contributed by atoms with E-state index in [4.69, 9.17) is 4.74 Å². The molecule has 34 heavy (non-hydrogen) atoms. The molecule has 0 atom stereocenters. The van der Waals surface area contributed by atoms with Crippen molar-refractivity contribution in [3.8, 4) is 11.8 Å². The van der Waals surface area contributed by atoms with Crippen molar-refractivity contribution in [1.82, 2.24) is 18.7 Å². The van der Waals surface area contributed by atoms with Crippen LogP contribution in [0, 0.1) is 5.82 Å². The summed E-state index contributed by atoms with van der Waals surface area (Å²) in [5.41, 5.74) is 1.05. The van der Waals surface area contributed by atoms with Crippen LogP contribution in [0.25, 0.3) is 11.2 Å². The summed E-state index contributed by atoms with van der Waals surface area (Å²) in [7, 11) is 2.96. The van der Waals surface area contributed by atoms with Gasteiger partial charge in [-0.25, -0.2) is 9.18 Å². The fraction of sp³-hybridized carbons (Fsp3) is 0.346. The number of nitrogens with zero attached hydrogens (tertiary/aromatic N) is 4. The van der Waals surface area contributed by atoms with Crippen molar-refractivity contribution in [2.24, 2.45) is 14.1 Å². The summed E-state index contributed by atoms with van der Waals surface area (Å²) in [4.78, 5) is 30.0. The lowest BCUT2D eigenvalue weighted by molar-refractivity contribution is 0.418. The van der Waals surface area contributed by atoms with E-state index in [0.717, 1.165) is 4.57 Å². The van der Waals surface area contributed by atoms with E-state index < -0.39 is 17.1 Å². The van der Waals surface area contributed by atoms with Gasteiger partial charge >= 0.3 is 11.7 Å². The third-order valence-corrected chi connectivity index (χ3v) is 6.77. The van der Waals surface area contributed by atoms with Crippen LogP contribution in [-0.2, 0) is 20.6 Å². The zero-order valence-electron chi connectivity index (χ0n) is 19.3. The Labute approximate surface area is 196 Å². The first-order chi connectivity index (χ1) is 16.4. The first kappa shape index (κ1) is 22.1. The van der Waals surface area contributed by atoms with E-state index in [2.05, 4.69) is 17.1 Å². The number of ether oxygens (including phenoxy) is 1. The van der Waals surface area contributed by atoms with Crippen molar-refractivity contribution in [2.75, 3.05) is 0 Å². The summed E-state index contributed by atoms with van der Waals surface area (Å²) in [6, 6.07) is 14.4. The van der Waals surface area contributed by atoms with Crippen molar-refractivity contribution in [3.63, 3.8) is 0 Å². The molecule has 0 bridgehead atoms. The molecule has 1 fully saturated rings. The summed E-state index contributed by atoms with van der Waals surface area (Å²) in [6.45, 7) is 0.0338. The molecule has 0 spiro atoms. The van der Waals surface area contributed by atoms with E-state index in [9.17, 15) is 14.0 Å². The number of aryl methyl sites for hydroxylation is 1. The van der Waals surface area contributed by atoms with Crippen LogP contribution >= 0.6 is 0 Å². The first-order valence-electron chi connectivity index (χ1n) is 11.6. The minimum atomic E-state index is -0.510. The van der Waals surface area contributed by atoms with Gasteiger partial charge in [-0.2, -0.15) is 4.98 Å². The molecule has 2 aromatic heterocycles. The highest BCUT2D eigenvalue weighted by atomic mass is 19.1. The van der Waals surface area contributed by atoms with Gasteiger partial charge in [-0.05, 0) is 42.5 Å². The Hall–Kier alpha value is -3.68. The Bertz CT molecular complexity index is 1460. The minimum absolute atomic E-state index is 0.0338. The molecule has 0 amide bonds. The summed E-state index contributed by atoms with van der Waals surface area (Å²) >= 11 is 0. The monoisotopic (exact) mass is 462 g/mol. The molecular weight excluding hydrogens is 435 g/mol. The van der Waals surface area contributed by atoms with Crippen LogP contribution < -0.4 is 16.0 Å². The van der Waals surface area contributed by atoms with Crippen LogP contribution in [0.1, 0.15) is 49.1 Å². The van der Waals surface area contributed by atoms with E-state index in [0.29, 0.717) is 17.2 Å². The van der Waals surface area contributed by atoms with Crippen molar-refractivity contribution in [3.05, 3.63) is 86.3 Å². The molecule has 0 N–H and O–H groups in total. The normalized spacial score (nSPS) is 14.6. The van der Waals surface area contributed by atoms with Gasteiger partial charge in [-0.3, -0.25) is 18.5 Å². The van der Waals surface area contributed by atoms with E-state index in [1.165, 1.54) is 59.9 Å². The molecule has 176 valence electrons. The van der Waals surface area contributed by atoms with Crippen LogP contribution in [-0.4, -0.2) is 18.7 Å². The number of halogens is 1. The Kier molecular flexibility index (Phi) is 5.81. The molecule has 1 aliphatic rings. The summed E-state index contributed by atoms with van der Waals surface area (Å²) in [6.07, 6.45) is 6.23. The van der Waals surface area contributed by atoms with Gasteiger partial charge < -0.3 is 4.74 Å². The maximum absolute atomic E-state index is 14.5. The number of imidazole rings is 1. The minimum Gasteiger partial charge on any atom is -0.425 e. The zero-order valence-corrected chi connectivity index (χ0v) is 19.3. The van der Waals surface area contributed by atoms with Crippen LogP contribution in [0.4, 0.5) is 4.39 Å². The highest BCUT2D eigenvalue weighted by molar-refractivity contribution is 5.72. The zero-order chi connectivity index (χ0) is 23.8. The van der Waals surface area contributed by atoms with E-state index >= 15 is 0 Å². The smallest absolute Gasteiger partial charge is 0.332 e. The largest absolute Gasteiger partial charge is 0.425 e. The Morgan fingerprint density at radius 3 is 2.38 bits per heavy atom. The van der Waals surface area contributed by atoms with Crippen LogP contribution in [0.15, 0.2) is 58.1 Å². The first-order valence-corrected chi connectivity index (χ1v) is 11.6. The number of hydrogen-bond donors (Lipinski definition) is 0. The number of hydrogen-bond acceptors (Lipinski definition) is 4. The number of aromatic nitrogens is 4. The second-order valence-electron chi connectivity index (χ2n) is 8.96. The van der Waals surface area contributed by atoms with E-state index in [-0.39, 0.29) is 23.7 Å². The molecule has 4 aromatic rings. The topological polar surface area (TPSA) is 71.1 Å². The molecule has 0 aliphatic heterocycles. The predicted molar refractivity (Wildman–Crippen MR) is 128 cm³/mol. The third-order valence-electron chi connectivity index (χ3n) is 6.77. The fourth-order valence-electron chi connectivity index (χ4n) is 4.80. The predicted octanol–water partition coefficient (Wildman–Crippen LogP) is 4.46. The van der Waals surface area contributed by atoms with Crippen LogP contribution in [0.5, 0.6) is 11.8 Å². The molecule has 2 aromatic carbocycles. The van der Waals surface area contributed by atoms with Gasteiger partial charge in [0.2, 0.25) is 0 Å². The van der Waals surface area contributed by atoms with E-state index in [1.807, 2.05) is 12.1 Å². The Morgan fingerprint density at radius 1 is 0.971 bits per heavy atom. The van der Waals surface area contributed by atoms with Gasteiger partial charge in [-0.1, -0.05) is 49.6 Å². The highest BCUT2D eigenvalue weighted by Crippen LogP contribution is 2.34. The fourth-order valence-corrected chi connectivity index (χ4v) is 4.80. The van der Waals surface area contributed by atoms with Crippen molar-refractivity contribution in [1.29, 1.82) is 0 Å². The van der Waals surface area contributed by atoms with Crippen LogP contribution in [0.3, 0.4) is 0 Å². The quantitative estimate of drug-likeness (QED) is 0.439. The SMILES string of the molecule is Cn1c(=O)c2c(nc(Oc3ccc(C4CCCCC4)cc3)n2Cc2ccccc2F)n(C)c1=O. The lowest BCUT2D eigenvalue weighted by Crippen LogP contribution is -2.37. The summed E-state index contributed by atoms with van der Waals surface area (Å²) in [5.74, 6) is 0.742.